The van der Waals surface area contributed by atoms with Crippen molar-refractivity contribution in [2.24, 2.45) is 0 Å². The van der Waals surface area contributed by atoms with Gasteiger partial charge in [-0.15, -0.1) is 0 Å². The van der Waals surface area contributed by atoms with Gasteiger partial charge in [0.05, 0.1) is 18.3 Å². The average molecular weight is 661 g/mol. The Morgan fingerprint density at radius 2 is 1.43 bits per heavy atom. The Hall–Kier alpha value is -3.92. The third-order valence-corrected chi connectivity index (χ3v) is 7.78. The van der Waals surface area contributed by atoms with E-state index >= 15 is 4.39 Å². The van der Waals surface area contributed by atoms with Crippen molar-refractivity contribution in [1.29, 1.82) is 0 Å². The minimum atomic E-state index is -4.77. The highest BCUT2D eigenvalue weighted by atomic mass is 19.4. The summed E-state index contributed by atoms with van der Waals surface area (Å²) in [6.45, 7) is 4.20. The van der Waals surface area contributed by atoms with Crippen molar-refractivity contribution in [3.05, 3.63) is 83.7 Å². The van der Waals surface area contributed by atoms with Gasteiger partial charge in [-0.05, 0) is 61.9 Å². The van der Waals surface area contributed by atoms with E-state index in [1.807, 2.05) is 13.0 Å². The first-order valence-electron chi connectivity index (χ1n) is 16.2. The van der Waals surface area contributed by atoms with Crippen LogP contribution >= 0.6 is 0 Å². The molecule has 0 N–H and O–H groups in total. The Morgan fingerprint density at radius 1 is 0.745 bits per heavy atom. The van der Waals surface area contributed by atoms with Gasteiger partial charge in [0, 0.05) is 12.7 Å². The van der Waals surface area contributed by atoms with Crippen molar-refractivity contribution in [1.82, 2.24) is 0 Å². The number of para-hydroxylation sites is 1. The number of methoxy groups -OCH3 is 1. The summed E-state index contributed by atoms with van der Waals surface area (Å²) in [6.07, 6.45) is -0.742. The van der Waals surface area contributed by atoms with Crippen molar-refractivity contribution in [3.8, 4) is 22.6 Å². The molecule has 10 heteroatoms. The number of carbonyl (C=O) groups excluding carboxylic acids is 2. The predicted molar refractivity (Wildman–Crippen MR) is 172 cm³/mol. The molecule has 0 radical (unpaired) electrons. The summed E-state index contributed by atoms with van der Waals surface area (Å²) in [7, 11) is 1.66. The van der Waals surface area contributed by atoms with Crippen LogP contribution in [0.25, 0.3) is 11.1 Å². The molecule has 3 aromatic rings. The summed E-state index contributed by atoms with van der Waals surface area (Å²) in [6, 6.07) is 17.0. The van der Waals surface area contributed by atoms with Gasteiger partial charge in [-0.2, -0.15) is 13.2 Å². The summed E-state index contributed by atoms with van der Waals surface area (Å²) in [5.74, 6) is -3.92. The van der Waals surface area contributed by atoms with E-state index in [2.05, 4.69) is 6.92 Å². The molecule has 0 aromatic heterocycles. The molecule has 0 spiro atoms. The maximum absolute atomic E-state index is 16.1. The van der Waals surface area contributed by atoms with Crippen molar-refractivity contribution < 1.29 is 46.1 Å². The normalized spacial score (nSPS) is 12.7. The summed E-state index contributed by atoms with van der Waals surface area (Å²) in [4.78, 5) is 26.2. The summed E-state index contributed by atoms with van der Waals surface area (Å²) in [5.41, 5.74) is 0.234. The van der Waals surface area contributed by atoms with Crippen LogP contribution in [0.5, 0.6) is 11.5 Å². The van der Waals surface area contributed by atoms with Gasteiger partial charge < -0.3 is 18.9 Å². The first kappa shape index (κ1) is 37.5. The first-order valence-corrected chi connectivity index (χ1v) is 16.2. The molecule has 0 saturated carbocycles. The second kappa shape index (κ2) is 19.0. The number of hydrogen-bond donors (Lipinski definition) is 0. The lowest BCUT2D eigenvalue weighted by Crippen LogP contribution is -2.34. The molecule has 0 saturated heterocycles. The lowest BCUT2D eigenvalue weighted by Gasteiger charge is -2.21. The topological polar surface area (TPSA) is 71.1 Å². The van der Waals surface area contributed by atoms with Crippen molar-refractivity contribution >= 4 is 11.9 Å². The quantitative estimate of drug-likeness (QED) is 0.0552. The highest BCUT2D eigenvalue weighted by Gasteiger charge is 2.42. The fourth-order valence-electron chi connectivity index (χ4n) is 5.11. The van der Waals surface area contributed by atoms with Gasteiger partial charge >= 0.3 is 18.1 Å². The number of benzene rings is 3. The van der Waals surface area contributed by atoms with Gasteiger partial charge in [-0.1, -0.05) is 88.4 Å². The van der Waals surface area contributed by atoms with Crippen molar-refractivity contribution in [3.63, 3.8) is 0 Å². The molecule has 0 aliphatic rings. The van der Waals surface area contributed by atoms with E-state index in [-0.39, 0.29) is 37.1 Å². The molecule has 0 heterocycles. The van der Waals surface area contributed by atoms with E-state index in [4.69, 9.17) is 18.9 Å². The summed E-state index contributed by atoms with van der Waals surface area (Å²) < 4.78 is 78.8. The van der Waals surface area contributed by atoms with Crippen LogP contribution in [0.3, 0.4) is 0 Å². The first-order chi connectivity index (χ1) is 22.6. The van der Waals surface area contributed by atoms with Crippen LogP contribution in [0.15, 0.2) is 66.7 Å². The number of hydrogen-bond acceptors (Lipinski definition) is 6. The number of halogens is 4. The van der Waals surface area contributed by atoms with Crippen LogP contribution in [-0.2, 0) is 9.47 Å². The standard InChI is InChI=1S/C37H44F4O6/c1-4-6-8-12-22-32(37(39,40)41)47-35(42)29-20-13-14-21-31(29)46-36(43)30-24-23-28(26-16-10-9-11-17-26)34(33(30)38)45-25-15-19-27(44-3)18-7-5-2/h9-11,13-14,16-17,20-21,23-24,27,32H,4-8,12,15,18-19,22,25H2,1-3H3. The monoisotopic (exact) mass is 660 g/mol. The second-order valence-electron chi connectivity index (χ2n) is 11.3. The molecule has 256 valence electrons. The number of rotatable bonds is 19. The Kier molecular flexibility index (Phi) is 15.2. The van der Waals surface area contributed by atoms with Crippen LogP contribution in [0, 0.1) is 5.82 Å². The molecule has 0 bridgehead atoms. The van der Waals surface area contributed by atoms with E-state index in [9.17, 15) is 22.8 Å². The minimum Gasteiger partial charge on any atom is -0.490 e. The Bertz CT molecular complexity index is 1410. The maximum atomic E-state index is 16.1. The minimum absolute atomic E-state index is 0.0533. The van der Waals surface area contributed by atoms with Gasteiger partial charge in [0.25, 0.3) is 0 Å². The van der Waals surface area contributed by atoms with E-state index in [1.165, 1.54) is 36.4 Å². The number of unbranched alkanes of at least 4 members (excludes halogenated alkanes) is 4. The molecule has 0 amide bonds. The smallest absolute Gasteiger partial charge is 0.425 e. The highest BCUT2D eigenvalue weighted by Crippen LogP contribution is 2.36. The molecule has 0 aliphatic heterocycles. The number of esters is 2. The molecular weight excluding hydrogens is 616 g/mol. The zero-order chi connectivity index (χ0) is 34.2. The molecule has 3 aromatic carbocycles. The van der Waals surface area contributed by atoms with Crippen molar-refractivity contribution in [2.45, 2.75) is 96.4 Å². The van der Waals surface area contributed by atoms with Crippen molar-refractivity contribution in [2.75, 3.05) is 13.7 Å². The third-order valence-electron chi connectivity index (χ3n) is 7.78. The van der Waals surface area contributed by atoms with Crippen LogP contribution in [-0.4, -0.2) is 44.0 Å². The molecule has 6 nitrogen and oxygen atoms in total. The van der Waals surface area contributed by atoms with Crippen LogP contribution in [0.1, 0.15) is 98.8 Å². The number of alkyl halides is 3. The maximum Gasteiger partial charge on any atom is 0.425 e. The average Bonchev–Trinajstić information content (AvgIpc) is 3.06. The zero-order valence-corrected chi connectivity index (χ0v) is 27.2. The van der Waals surface area contributed by atoms with E-state index in [0.29, 0.717) is 30.4 Å². The van der Waals surface area contributed by atoms with Gasteiger partial charge in [0.15, 0.2) is 17.7 Å². The molecule has 2 atom stereocenters. The predicted octanol–water partition coefficient (Wildman–Crippen LogP) is 10.1. The summed E-state index contributed by atoms with van der Waals surface area (Å²) >= 11 is 0. The molecule has 0 fully saturated rings. The lowest BCUT2D eigenvalue weighted by molar-refractivity contribution is -0.206. The van der Waals surface area contributed by atoms with E-state index in [1.54, 1.807) is 31.4 Å². The molecular formula is C37H44F4O6. The largest absolute Gasteiger partial charge is 0.490 e. The van der Waals surface area contributed by atoms with Gasteiger partial charge in [-0.25, -0.2) is 14.0 Å². The second-order valence-corrected chi connectivity index (χ2v) is 11.3. The Labute approximate surface area is 274 Å². The molecule has 2 unspecified atom stereocenters. The van der Waals surface area contributed by atoms with Crippen LogP contribution in [0.2, 0.25) is 0 Å². The zero-order valence-electron chi connectivity index (χ0n) is 27.2. The number of ether oxygens (including phenoxy) is 4. The highest BCUT2D eigenvalue weighted by molar-refractivity contribution is 5.97. The fourth-order valence-corrected chi connectivity index (χ4v) is 5.11. The van der Waals surface area contributed by atoms with E-state index < -0.39 is 41.2 Å². The summed E-state index contributed by atoms with van der Waals surface area (Å²) in [5, 5.41) is 0. The number of carbonyl (C=O) groups is 2. The third kappa shape index (κ3) is 11.4. The Balaban J connectivity index is 1.82. The van der Waals surface area contributed by atoms with Gasteiger partial charge in [0.1, 0.15) is 11.3 Å². The van der Waals surface area contributed by atoms with E-state index in [0.717, 1.165) is 32.1 Å². The fraction of sp³-hybridized carbons (Fsp3) is 0.459. The van der Waals surface area contributed by atoms with Gasteiger partial charge in [-0.3, -0.25) is 0 Å². The molecule has 3 rings (SSSR count). The Morgan fingerprint density at radius 3 is 2.11 bits per heavy atom. The lowest BCUT2D eigenvalue weighted by atomic mass is 10.0. The van der Waals surface area contributed by atoms with Crippen LogP contribution < -0.4 is 9.47 Å². The van der Waals surface area contributed by atoms with Crippen LogP contribution in [0.4, 0.5) is 17.6 Å². The molecule has 47 heavy (non-hydrogen) atoms. The SMILES string of the molecule is CCCCCCC(OC(=O)c1ccccc1OC(=O)c1ccc(-c2ccccc2)c(OCCCC(CCCC)OC)c1F)C(F)(F)F. The molecule has 0 aliphatic carbocycles. The van der Waals surface area contributed by atoms with Gasteiger partial charge in [0.2, 0.25) is 0 Å².